The third-order valence-electron chi connectivity index (χ3n) is 9.12. The topological polar surface area (TPSA) is 23.8 Å². The Morgan fingerprint density at radius 3 is 2.18 bits per heavy atom. The molecule has 3 aliphatic carbocycles. The molecule has 0 aromatic carbocycles. The van der Waals surface area contributed by atoms with Gasteiger partial charge in [-0.25, -0.2) is 0 Å². The number of fused-ring (bicyclic) bond motifs is 1. The lowest BCUT2D eigenvalue weighted by Gasteiger charge is -2.50. The van der Waals surface area contributed by atoms with Crippen LogP contribution >= 0.6 is 0 Å². The van der Waals surface area contributed by atoms with Gasteiger partial charge in [0.05, 0.1) is 11.5 Å². The van der Waals surface area contributed by atoms with E-state index >= 15 is 0 Å². The first kappa shape index (κ1) is 22.2. The van der Waals surface area contributed by atoms with Crippen LogP contribution in [0.1, 0.15) is 129 Å². The van der Waals surface area contributed by atoms with E-state index in [1.807, 2.05) is 0 Å². The van der Waals surface area contributed by atoms with E-state index in [0.29, 0.717) is 0 Å². The summed E-state index contributed by atoms with van der Waals surface area (Å²) in [5.41, 5.74) is 0.0580. The Balaban J connectivity index is 1.47. The van der Waals surface area contributed by atoms with E-state index < -0.39 is 0 Å². The standard InChI is InChI=1S/C27H47N/c1-3-5-7-8-10-23-13-16-26-19-25(17-18-27(26,20-23)21-28)24-14-11-22(12-15-24)9-6-4-2/h22-26H,3-20H2,1-2H3. The number of hydrogen-bond acceptors (Lipinski definition) is 1. The molecule has 3 rings (SSSR count). The number of nitriles is 1. The van der Waals surface area contributed by atoms with Crippen LogP contribution in [0, 0.1) is 46.3 Å². The fourth-order valence-electron chi connectivity index (χ4n) is 7.24. The van der Waals surface area contributed by atoms with Gasteiger partial charge in [0, 0.05) is 0 Å². The highest BCUT2D eigenvalue weighted by molar-refractivity contribution is 5.09. The van der Waals surface area contributed by atoms with Crippen LogP contribution in [0.2, 0.25) is 0 Å². The van der Waals surface area contributed by atoms with Crippen LogP contribution in [0.3, 0.4) is 0 Å². The highest BCUT2D eigenvalue weighted by Crippen LogP contribution is 2.56. The molecular formula is C27H47N. The molecule has 4 unspecified atom stereocenters. The molecule has 0 saturated heterocycles. The van der Waals surface area contributed by atoms with Gasteiger partial charge in [-0.2, -0.15) is 5.26 Å². The average Bonchev–Trinajstić information content (AvgIpc) is 2.75. The molecule has 0 aromatic rings. The quantitative estimate of drug-likeness (QED) is 0.364. The average molecular weight is 386 g/mol. The van der Waals surface area contributed by atoms with Crippen molar-refractivity contribution in [1.29, 1.82) is 5.26 Å². The maximum Gasteiger partial charge on any atom is 0.0692 e. The van der Waals surface area contributed by atoms with Crippen LogP contribution in [0.15, 0.2) is 0 Å². The van der Waals surface area contributed by atoms with Crippen LogP contribution < -0.4 is 0 Å². The van der Waals surface area contributed by atoms with Crippen LogP contribution in [-0.4, -0.2) is 0 Å². The summed E-state index contributed by atoms with van der Waals surface area (Å²) in [6.07, 6.45) is 25.1. The zero-order valence-corrected chi connectivity index (χ0v) is 19.1. The van der Waals surface area contributed by atoms with Crippen molar-refractivity contribution in [3.05, 3.63) is 0 Å². The molecule has 4 atom stereocenters. The summed E-state index contributed by atoms with van der Waals surface area (Å²) < 4.78 is 0. The molecule has 0 N–H and O–H groups in total. The summed E-state index contributed by atoms with van der Waals surface area (Å²) >= 11 is 0. The molecule has 0 aromatic heterocycles. The predicted octanol–water partition coefficient (Wildman–Crippen LogP) is 8.68. The summed E-state index contributed by atoms with van der Waals surface area (Å²) in [5, 5.41) is 10.2. The second-order valence-electron chi connectivity index (χ2n) is 10.9. The van der Waals surface area contributed by atoms with E-state index in [1.54, 1.807) is 0 Å². The number of hydrogen-bond donors (Lipinski definition) is 0. The van der Waals surface area contributed by atoms with Gasteiger partial charge in [0.25, 0.3) is 0 Å². The lowest BCUT2D eigenvalue weighted by atomic mass is 9.53. The number of unbranched alkanes of at least 4 members (excludes halogenated alkanes) is 4. The monoisotopic (exact) mass is 385 g/mol. The Bertz CT molecular complexity index is 483. The Kier molecular flexibility index (Phi) is 8.74. The van der Waals surface area contributed by atoms with Crippen molar-refractivity contribution in [1.82, 2.24) is 0 Å². The minimum absolute atomic E-state index is 0.0580. The zero-order chi connectivity index (χ0) is 19.8. The maximum absolute atomic E-state index is 10.2. The predicted molar refractivity (Wildman–Crippen MR) is 120 cm³/mol. The smallest absolute Gasteiger partial charge is 0.0692 e. The fourth-order valence-corrected chi connectivity index (χ4v) is 7.24. The molecule has 3 fully saturated rings. The molecule has 0 radical (unpaired) electrons. The maximum atomic E-state index is 10.2. The third-order valence-corrected chi connectivity index (χ3v) is 9.12. The molecule has 160 valence electrons. The summed E-state index contributed by atoms with van der Waals surface area (Å²) in [7, 11) is 0. The van der Waals surface area contributed by atoms with Gasteiger partial charge in [0.2, 0.25) is 0 Å². The van der Waals surface area contributed by atoms with Crippen molar-refractivity contribution in [2.75, 3.05) is 0 Å². The van der Waals surface area contributed by atoms with Gasteiger partial charge in [-0.1, -0.05) is 84.5 Å². The second kappa shape index (κ2) is 11.0. The van der Waals surface area contributed by atoms with E-state index in [4.69, 9.17) is 0 Å². The SMILES string of the molecule is CCCCCCC1CCC2CC(C3CCC(CCCC)CC3)CCC2(C#N)C1. The van der Waals surface area contributed by atoms with Crippen LogP contribution in [0.5, 0.6) is 0 Å². The summed E-state index contributed by atoms with van der Waals surface area (Å²) in [4.78, 5) is 0. The Morgan fingerprint density at radius 2 is 1.46 bits per heavy atom. The van der Waals surface area contributed by atoms with Gasteiger partial charge in [0.1, 0.15) is 0 Å². The minimum Gasteiger partial charge on any atom is -0.198 e. The molecule has 3 saturated carbocycles. The summed E-state index contributed by atoms with van der Waals surface area (Å²) in [6, 6.07) is 2.90. The Morgan fingerprint density at radius 1 is 0.750 bits per heavy atom. The van der Waals surface area contributed by atoms with Gasteiger partial charge in [-0.15, -0.1) is 0 Å². The van der Waals surface area contributed by atoms with Crippen molar-refractivity contribution >= 4 is 0 Å². The first-order valence-corrected chi connectivity index (χ1v) is 13.1. The van der Waals surface area contributed by atoms with Crippen LogP contribution in [0.4, 0.5) is 0 Å². The number of rotatable bonds is 9. The zero-order valence-electron chi connectivity index (χ0n) is 19.1. The van der Waals surface area contributed by atoms with Gasteiger partial charge < -0.3 is 0 Å². The largest absolute Gasteiger partial charge is 0.198 e. The molecule has 1 heteroatoms. The highest BCUT2D eigenvalue weighted by Gasteiger charge is 2.48. The molecular weight excluding hydrogens is 338 g/mol. The molecule has 1 nitrogen and oxygen atoms in total. The third kappa shape index (κ3) is 5.55. The van der Waals surface area contributed by atoms with Crippen molar-refractivity contribution in [2.45, 2.75) is 129 Å². The molecule has 0 spiro atoms. The lowest BCUT2D eigenvalue weighted by Crippen LogP contribution is -2.42. The molecule has 28 heavy (non-hydrogen) atoms. The highest BCUT2D eigenvalue weighted by atomic mass is 14.5. The summed E-state index contributed by atoms with van der Waals surface area (Å²) in [5.74, 6) is 4.53. The van der Waals surface area contributed by atoms with Gasteiger partial charge in [0.15, 0.2) is 0 Å². The van der Waals surface area contributed by atoms with Crippen molar-refractivity contribution in [2.24, 2.45) is 35.0 Å². The molecule has 0 aliphatic heterocycles. The van der Waals surface area contributed by atoms with Crippen molar-refractivity contribution in [3.63, 3.8) is 0 Å². The molecule has 0 amide bonds. The van der Waals surface area contributed by atoms with Crippen LogP contribution in [0.25, 0.3) is 0 Å². The van der Waals surface area contributed by atoms with Crippen molar-refractivity contribution in [3.8, 4) is 6.07 Å². The normalized spacial score (nSPS) is 38.5. The second-order valence-corrected chi connectivity index (χ2v) is 10.9. The molecule has 0 bridgehead atoms. The molecule has 3 aliphatic rings. The van der Waals surface area contributed by atoms with Crippen LogP contribution in [-0.2, 0) is 0 Å². The van der Waals surface area contributed by atoms with Gasteiger partial charge in [-0.3, -0.25) is 0 Å². The van der Waals surface area contributed by atoms with E-state index in [-0.39, 0.29) is 5.41 Å². The summed E-state index contributed by atoms with van der Waals surface area (Å²) in [6.45, 7) is 4.63. The number of nitrogens with zero attached hydrogens (tertiary/aromatic N) is 1. The fraction of sp³-hybridized carbons (Fsp3) is 0.963. The lowest BCUT2D eigenvalue weighted by molar-refractivity contribution is 0.0146. The van der Waals surface area contributed by atoms with E-state index in [0.717, 1.165) is 29.6 Å². The molecule has 0 heterocycles. The van der Waals surface area contributed by atoms with E-state index in [9.17, 15) is 5.26 Å². The minimum atomic E-state index is 0.0580. The Labute approximate surface area is 176 Å². The van der Waals surface area contributed by atoms with E-state index in [1.165, 1.54) is 116 Å². The van der Waals surface area contributed by atoms with Gasteiger partial charge >= 0.3 is 0 Å². The first-order chi connectivity index (χ1) is 13.7. The first-order valence-electron chi connectivity index (χ1n) is 13.1. The Hall–Kier alpha value is -0.510. The van der Waals surface area contributed by atoms with Crippen molar-refractivity contribution < 1.29 is 0 Å². The van der Waals surface area contributed by atoms with E-state index in [2.05, 4.69) is 19.9 Å². The van der Waals surface area contributed by atoms with Gasteiger partial charge in [-0.05, 0) is 74.5 Å².